The number of rotatable bonds is 4. The first-order valence-electron chi connectivity index (χ1n) is 5.27. The highest BCUT2D eigenvalue weighted by molar-refractivity contribution is 7.09. The van der Waals surface area contributed by atoms with Gasteiger partial charge in [-0.2, -0.15) is 0 Å². The minimum atomic E-state index is 0. The zero-order chi connectivity index (χ0) is 11.4. The van der Waals surface area contributed by atoms with E-state index in [0.717, 1.165) is 24.5 Å². The Labute approximate surface area is 112 Å². The topological polar surface area (TPSA) is 37.8 Å². The molecule has 0 amide bonds. The summed E-state index contributed by atoms with van der Waals surface area (Å²) >= 11 is 1.70. The molecule has 0 aliphatic heterocycles. The second kappa shape index (κ2) is 6.69. The third-order valence-corrected chi connectivity index (χ3v) is 3.50. The minimum absolute atomic E-state index is 0. The average Bonchev–Trinajstić information content (AvgIpc) is 2.67. The molecule has 2 rings (SSSR count). The van der Waals surface area contributed by atoms with Crippen LogP contribution in [0.1, 0.15) is 21.8 Å². The SMILES string of the molecule is Cc1ncccc1CNCc1scnc1C.Cl. The lowest BCUT2D eigenvalue weighted by atomic mass is 10.2. The molecule has 0 atom stereocenters. The van der Waals surface area contributed by atoms with E-state index in [1.54, 1.807) is 11.3 Å². The monoisotopic (exact) mass is 269 g/mol. The quantitative estimate of drug-likeness (QED) is 0.928. The van der Waals surface area contributed by atoms with E-state index in [4.69, 9.17) is 0 Å². The molecule has 0 fully saturated rings. The van der Waals surface area contributed by atoms with Crippen LogP contribution in [0.25, 0.3) is 0 Å². The predicted octanol–water partition coefficient (Wildman–Crippen LogP) is 2.87. The summed E-state index contributed by atoms with van der Waals surface area (Å²) < 4.78 is 0. The Kier molecular flexibility index (Phi) is 5.55. The number of nitrogens with zero attached hydrogens (tertiary/aromatic N) is 2. The highest BCUT2D eigenvalue weighted by Gasteiger charge is 2.01. The molecular formula is C12H16ClN3S. The van der Waals surface area contributed by atoms with Gasteiger partial charge in [0.2, 0.25) is 0 Å². The van der Waals surface area contributed by atoms with Crippen molar-refractivity contribution in [1.29, 1.82) is 0 Å². The van der Waals surface area contributed by atoms with Crippen molar-refractivity contribution >= 4 is 23.7 Å². The van der Waals surface area contributed by atoms with Gasteiger partial charge in [-0.25, -0.2) is 4.98 Å². The van der Waals surface area contributed by atoms with E-state index >= 15 is 0 Å². The fourth-order valence-corrected chi connectivity index (χ4v) is 2.26. The predicted molar refractivity (Wildman–Crippen MR) is 73.6 cm³/mol. The second-order valence-electron chi connectivity index (χ2n) is 3.71. The number of hydrogen-bond donors (Lipinski definition) is 1. The van der Waals surface area contributed by atoms with Gasteiger partial charge in [0.15, 0.2) is 0 Å². The Hall–Kier alpha value is -0.970. The first kappa shape index (κ1) is 14.1. The standard InChI is InChI=1S/C12H15N3S.ClH/c1-9-11(4-3-5-14-9)6-13-7-12-10(2)15-8-16-12;/h3-5,8,13H,6-7H2,1-2H3;1H. The molecule has 2 heterocycles. The van der Waals surface area contributed by atoms with E-state index in [1.807, 2.05) is 31.6 Å². The number of hydrogen-bond acceptors (Lipinski definition) is 4. The molecule has 92 valence electrons. The molecule has 17 heavy (non-hydrogen) atoms. The number of aromatic nitrogens is 2. The van der Waals surface area contributed by atoms with Crippen molar-refractivity contribution in [2.24, 2.45) is 0 Å². The summed E-state index contributed by atoms with van der Waals surface area (Å²) in [6.45, 7) is 5.82. The molecule has 0 saturated carbocycles. The van der Waals surface area contributed by atoms with Crippen LogP contribution in [-0.4, -0.2) is 9.97 Å². The van der Waals surface area contributed by atoms with Gasteiger partial charge in [-0.1, -0.05) is 6.07 Å². The highest BCUT2D eigenvalue weighted by atomic mass is 35.5. The van der Waals surface area contributed by atoms with Crippen molar-refractivity contribution in [1.82, 2.24) is 15.3 Å². The molecule has 1 N–H and O–H groups in total. The fraction of sp³-hybridized carbons (Fsp3) is 0.333. The van der Waals surface area contributed by atoms with Crippen molar-refractivity contribution in [3.63, 3.8) is 0 Å². The summed E-state index contributed by atoms with van der Waals surface area (Å²) in [5, 5.41) is 3.42. The molecule has 0 saturated heterocycles. The number of thiazole rings is 1. The van der Waals surface area contributed by atoms with Crippen LogP contribution < -0.4 is 5.32 Å². The van der Waals surface area contributed by atoms with E-state index in [1.165, 1.54) is 10.4 Å². The molecule has 2 aromatic rings. The second-order valence-corrected chi connectivity index (χ2v) is 4.65. The summed E-state index contributed by atoms with van der Waals surface area (Å²) in [7, 11) is 0. The van der Waals surface area contributed by atoms with Crippen LogP contribution in [0.3, 0.4) is 0 Å². The van der Waals surface area contributed by atoms with E-state index in [-0.39, 0.29) is 12.4 Å². The summed E-state index contributed by atoms with van der Waals surface area (Å²) in [4.78, 5) is 9.80. The van der Waals surface area contributed by atoms with E-state index in [0.29, 0.717) is 0 Å². The zero-order valence-electron chi connectivity index (χ0n) is 9.93. The molecule has 0 aromatic carbocycles. The third kappa shape index (κ3) is 3.77. The van der Waals surface area contributed by atoms with Gasteiger partial charge < -0.3 is 5.32 Å². The van der Waals surface area contributed by atoms with Gasteiger partial charge in [-0.3, -0.25) is 4.98 Å². The summed E-state index contributed by atoms with van der Waals surface area (Å²) in [5.41, 5.74) is 5.36. The van der Waals surface area contributed by atoms with Crippen LogP contribution in [0, 0.1) is 13.8 Å². The first-order valence-corrected chi connectivity index (χ1v) is 6.15. The van der Waals surface area contributed by atoms with Crippen molar-refractivity contribution in [2.45, 2.75) is 26.9 Å². The molecule has 0 spiro atoms. The van der Waals surface area contributed by atoms with Gasteiger partial charge in [0, 0.05) is 29.9 Å². The molecule has 0 unspecified atom stereocenters. The molecule has 0 aliphatic carbocycles. The molecular weight excluding hydrogens is 254 g/mol. The van der Waals surface area contributed by atoms with Crippen molar-refractivity contribution in [2.75, 3.05) is 0 Å². The normalized spacial score (nSPS) is 10.0. The van der Waals surface area contributed by atoms with Crippen LogP contribution in [0.5, 0.6) is 0 Å². The maximum atomic E-state index is 4.26. The van der Waals surface area contributed by atoms with Crippen molar-refractivity contribution < 1.29 is 0 Å². The number of nitrogens with one attached hydrogen (secondary N) is 1. The molecule has 5 heteroatoms. The molecule has 2 aromatic heterocycles. The number of halogens is 1. The van der Waals surface area contributed by atoms with Crippen LogP contribution in [0.15, 0.2) is 23.8 Å². The maximum Gasteiger partial charge on any atom is 0.0798 e. The lowest BCUT2D eigenvalue weighted by molar-refractivity contribution is 0.691. The number of aryl methyl sites for hydroxylation is 2. The fourth-order valence-electron chi connectivity index (χ4n) is 1.51. The van der Waals surface area contributed by atoms with Crippen LogP contribution in [0.4, 0.5) is 0 Å². The van der Waals surface area contributed by atoms with Gasteiger partial charge in [0.1, 0.15) is 0 Å². The summed E-state index contributed by atoms with van der Waals surface area (Å²) in [6.07, 6.45) is 1.83. The third-order valence-electron chi connectivity index (χ3n) is 2.56. The van der Waals surface area contributed by atoms with Gasteiger partial charge in [0.25, 0.3) is 0 Å². The van der Waals surface area contributed by atoms with Gasteiger partial charge in [0.05, 0.1) is 11.2 Å². The van der Waals surface area contributed by atoms with Gasteiger partial charge in [-0.15, -0.1) is 23.7 Å². The Balaban J connectivity index is 0.00000144. The summed E-state index contributed by atoms with van der Waals surface area (Å²) in [5.74, 6) is 0. The highest BCUT2D eigenvalue weighted by Crippen LogP contribution is 2.11. The molecule has 0 bridgehead atoms. The lowest BCUT2D eigenvalue weighted by Crippen LogP contribution is -2.13. The largest absolute Gasteiger partial charge is 0.308 e. The zero-order valence-corrected chi connectivity index (χ0v) is 11.6. The Bertz CT molecular complexity index is 470. The lowest BCUT2D eigenvalue weighted by Gasteiger charge is -2.06. The van der Waals surface area contributed by atoms with E-state index in [9.17, 15) is 0 Å². The van der Waals surface area contributed by atoms with Crippen molar-refractivity contribution in [3.05, 3.63) is 45.7 Å². The maximum absolute atomic E-state index is 4.26. The summed E-state index contributed by atoms with van der Waals surface area (Å²) in [6, 6.07) is 4.08. The first-order chi connectivity index (χ1) is 7.77. The molecule has 0 radical (unpaired) electrons. The minimum Gasteiger partial charge on any atom is -0.308 e. The Morgan fingerprint density at radius 3 is 2.65 bits per heavy atom. The van der Waals surface area contributed by atoms with Gasteiger partial charge >= 0.3 is 0 Å². The van der Waals surface area contributed by atoms with Crippen LogP contribution >= 0.6 is 23.7 Å². The number of pyridine rings is 1. The molecule has 0 aliphatic rings. The van der Waals surface area contributed by atoms with Crippen LogP contribution in [-0.2, 0) is 13.1 Å². The average molecular weight is 270 g/mol. The van der Waals surface area contributed by atoms with E-state index in [2.05, 4.69) is 21.4 Å². The van der Waals surface area contributed by atoms with Crippen LogP contribution in [0.2, 0.25) is 0 Å². The Morgan fingerprint density at radius 2 is 2.00 bits per heavy atom. The molecule has 3 nitrogen and oxygen atoms in total. The van der Waals surface area contributed by atoms with Crippen molar-refractivity contribution in [3.8, 4) is 0 Å². The Morgan fingerprint density at radius 1 is 1.18 bits per heavy atom. The van der Waals surface area contributed by atoms with Gasteiger partial charge in [-0.05, 0) is 25.5 Å². The smallest absolute Gasteiger partial charge is 0.0798 e. The van der Waals surface area contributed by atoms with E-state index < -0.39 is 0 Å².